The molecular formula is C18H20NO4+. The predicted octanol–water partition coefficient (Wildman–Crippen LogP) is 1.92. The molecule has 0 fully saturated rings. The van der Waals surface area contributed by atoms with Gasteiger partial charge in [0.15, 0.2) is 5.76 Å². The van der Waals surface area contributed by atoms with Crippen LogP contribution in [0, 0.1) is 6.92 Å². The summed E-state index contributed by atoms with van der Waals surface area (Å²) in [4.78, 5) is 13.0. The Hall–Kier alpha value is -2.53. The lowest BCUT2D eigenvalue weighted by atomic mass is 10.1. The molecule has 0 aliphatic heterocycles. The van der Waals surface area contributed by atoms with Crippen molar-refractivity contribution in [3.05, 3.63) is 63.9 Å². The van der Waals surface area contributed by atoms with E-state index in [0.717, 1.165) is 29.0 Å². The van der Waals surface area contributed by atoms with E-state index in [2.05, 4.69) is 7.05 Å². The van der Waals surface area contributed by atoms with Crippen molar-refractivity contribution in [1.82, 2.24) is 0 Å². The molecule has 1 unspecified atom stereocenters. The van der Waals surface area contributed by atoms with E-state index in [9.17, 15) is 4.79 Å². The number of nitrogens with one attached hydrogen (secondary N) is 1. The largest absolute Gasteiger partial charge is 0.497 e. The molecule has 0 aliphatic carbocycles. The minimum Gasteiger partial charge on any atom is -0.497 e. The minimum atomic E-state index is -0.345. The molecule has 2 aromatic heterocycles. The summed E-state index contributed by atoms with van der Waals surface area (Å²) in [5, 5.41) is 0.931. The number of hydrogen-bond donors (Lipinski definition) is 1. The Bertz CT molecular complexity index is 878. The molecule has 3 aromatic rings. The first kappa shape index (κ1) is 15.4. The molecule has 0 amide bonds. The Balaban J connectivity index is 1.88. The third-order valence-corrected chi connectivity index (χ3v) is 3.80. The second-order valence-electron chi connectivity index (χ2n) is 5.78. The van der Waals surface area contributed by atoms with Gasteiger partial charge in [0.25, 0.3) is 0 Å². The van der Waals surface area contributed by atoms with Gasteiger partial charge >= 0.3 is 5.63 Å². The standard InChI is InChI=1S/C18H19NO4/c1-12-4-5-15(22-12)11-19(2)10-13-8-18(20)23-17-9-14(21-3)6-7-16(13)17/h4-9H,10-11H2,1-3H3/p+1. The Morgan fingerprint density at radius 2 is 1.91 bits per heavy atom. The maximum atomic E-state index is 11.8. The second-order valence-corrected chi connectivity index (χ2v) is 5.78. The highest BCUT2D eigenvalue weighted by Gasteiger charge is 2.13. The normalized spacial score (nSPS) is 12.5. The van der Waals surface area contributed by atoms with Crippen molar-refractivity contribution in [1.29, 1.82) is 0 Å². The number of ether oxygens (including phenoxy) is 1. The summed E-state index contributed by atoms with van der Waals surface area (Å²) in [7, 11) is 3.66. The van der Waals surface area contributed by atoms with Crippen LogP contribution in [0.1, 0.15) is 17.1 Å². The van der Waals surface area contributed by atoms with Crippen molar-refractivity contribution in [2.24, 2.45) is 0 Å². The number of benzene rings is 1. The summed E-state index contributed by atoms with van der Waals surface area (Å²) in [5.41, 5.74) is 1.16. The lowest BCUT2D eigenvalue weighted by Gasteiger charge is -2.14. The summed E-state index contributed by atoms with van der Waals surface area (Å²) in [6.45, 7) is 3.39. The van der Waals surface area contributed by atoms with Gasteiger partial charge in [-0.25, -0.2) is 4.79 Å². The average Bonchev–Trinajstić information content (AvgIpc) is 2.91. The van der Waals surface area contributed by atoms with E-state index in [0.29, 0.717) is 17.9 Å². The summed E-state index contributed by atoms with van der Waals surface area (Å²) in [5.74, 6) is 2.52. The number of quaternary nitrogens is 1. The predicted molar refractivity (Wildman–Crippen MR) is 86.8 cm³/mol. The summed E-state index contributed by atoms with van der Waals surface area (Å²) in [6.07, 6.45) is 0. The average molecular weight is 314 g/mol. The zero-order valence-corrected chi connectivity index (χ0v) is 13.5. The third-order valence-electron chi connectivity index (χ3n) is 3.80. The second kappa shape index (κ2) is 6.30. The van der Waals surface area contributed by atoms with E-state index in [1.165, 1.54) is 4.90 Å². The molecule has 2 heterocycles. The molecule has 0 radical (unpaired) electrons. The molecule has 0 spiro atoms. The number of aryl methyl sites for hydroxylation is 1. The van der Waals surface area contributed by atoms with Crippen molar-refractivity contribution >= 4 is 11.0 Å². The molecule has 0 aliphatic rings. The monoisotopic (exact) mass is 314 g/mol. The van der Waals surface area contributed by atoms with Crippen molar-refractivity contribution in [2.75, 3.05) is 14.2 Å². The minimum absolute atomic E-state index is 0.345. The summed E-state index contributed by atoms with van der Waals surface area (Å²) in [6, 6.07) is 11.0. The van der Waals surface area contributed by atoms with Crippen LogP contribution >= 0.6 is 0 Å². The van der Waals surface area contributed by atoms with Gasteiger partial charge in [0.2, 0.25) is 0 Å². The lowest BCUT2D eigenvalue weighted by Crippen LogP contribution is -3.06. The molecule has 5 heteroatoms. The zero-order valence-electron chi connectivity index (χ0n) is 13.5. The van der Waals surface area contributed by atoms with Gasteiger partial charge in [0.05, 0.1) is 14.2 Å². The van der Waals surface area contributed by atoms with Gasteiger partial charge in [-0.15, -0.1) is 0 Å². The molecule has 1 atom stereocenters. The van der Waals surface area contributed by atoms with Gasteiger partial charge in [-0.3, -0.25) is 0 Å². The first-order valence-corrected chi connectivity index (χ1v) is 7.52. The van der Waals surface area contributed by atoms with Crippen LogP contribution < -0.4 is 15.3 Å². The van der Waals surface area contributed by atoms with Crippen molar-refractivity contribution in [3.8, 4) is 5.75 Å². The van der Waals surface area contributed by atoms with Crippen LogP contribution in [0.25, 0.3) is 11.0 Å². The Morgan fingerprint density at radius 3 is 2.61 bits per heavy atom. The van der Waals surface area contributed by atoms with Crippen LogP contribution in [0.15, 0.2) is 50.0 Å². The van der Waals surface area contributed by atoms with Gasteiger partial charge < -0.3 is 18.5 Å². The van der Waals surface area contributed by atoms with E-state index < -0.39 is 0 Å². The molecule has 23 heavy (non-hydrogen) atoms. The maximum absolute atomic E-state index is 11.8. The SMILES string of the molecule is COc1ccc2c(C[NH+](C)Cc3ccc(C)o3)cc(=O)oc2c1. The fourth-order valence-corrected chi connectivity index (χ4v) is 2.75. The fourth-order valence-electron chi connectivity index (χ4n) is 2.75. The maximum Gasteiger partial charge on any atom is 0.336 e. The molecule has 0 bridgehead atoms. The third kappa shape index (κ3) is 3.46. The molecular weight excluding hydrogens is 294 g/mol. The molecule has 1 N–H and O–H groups in total. The van der Waals surface area contributed by atoms with Gasteiger partial charge in [0.1, 0.15) is 30.2 Å². The van der Waals surface area contributed by atoms with Gasteiger partial charge in [-0.2, -0.15) is 0 Å². The number of furan rings is 1. The molecule has 0 saturated carbocycles. The van der Waals surface area contributed by atoms with E-state index in [-0.39, 0.29) is 5.63 Å². The van der Waals surface area contributed by atoms with E-state index in [1.807, 2.05) is 31.2 Å². The first-order chi connectivity index (χ1) is 11.0. The molecule has 0 saturated heterocycles. The lowest BCUT2D eigenvalue weighted by molar-refractivity contribution is -0.908. The summed E-state index contributed by atoms with van der Waals surface area (Å²) >= 11 is 0. The van der Waals surface area contributed by atoms with Gasteiger partial charge in [0, 0.05) is 23.1 Å². The highest BCUT2D eigenvalue weighted by Crippen LogP contribution is 2.22. The van der Waals surface area contributed by atoms with Crippen molar-refractivity contribution < 1.29 is 18.5 Å². The fraction of sp³-hybridized carbons (Fsp3) is 0.278. The molecule has 5 nitrogen and oxygen atoms in total. The van der Waals surface area contributed by atoms with E-state index in [1.54, 1.807) is 19.2 Å². The topological polar surface area (TPSA) is 57.0 Å². The number of fused-ring (bicyclic) bond motifs is 1. The Morgan fingerprint density at radius 1 is 1.09 bits per heavy atom. The quantitative estimate of drug-likeness (QED) is 0.731. The van der Waals surface area contributed by atoms with Crippen LogP contribution in [0.2, 0.25) is 0 Å². The molecule has 120 valence electrons. The zero-order chi connectivity index (χ0) is 16.4. The Labute approximate surface area is 134 Å². The number of hydrogen-bond acceptors (Lipinski definition) is 4. The highest BCUT2D eigenvalue weighted by atomic mass is 16.5. The first-order valence-electron chi connectivity index (χ1n) is 7.52. The van der Waals surface area contributed by atoms with Gasteiger partial charge in [-0.05, 0) is 31.2 Å². The van der Waals surface area contributed by atoms with Crippen molar-refractivity contribution in [2.45, 2.75) is 20.0 Å². The van der Waals surface area contributed by atoms with Crippen LogP contribution in [-0.4, -0.2) is 14.2 Å². The Kier molecular flexibility index (Phi) is 4.21. The van der Waals surface area contributed by atoms with Crippen LogP contribution in [-0.2, 0) is 13.1 Å². The smallest absolute Gasteiger partial charge is 0.336 e. The van der Waals surface area contributed by atoms with Crippen LogP contribution in [0.3, 0.4) is 0 Å². The number of rotatable bonds is 5. The van der Waals surface area contributed by atoms with Crippen molar-refractivity contribution in [3.63, 3.8) is 0 Å². The van der Waals surface area contributed by atoms with Crippen LogP contribution in [0.4, 0.5) is 0 Å². The van der Waals surface area contributed by atoms with E-state index in [4.69, 9.17) is 13.6 Å². The number of methoxy groups -OCH3 is 1. The van der Waals surface area contributed by atoms with E-state index >= 15 is 0 Å². The molecule has 1 aromatic carbocycles. The van der Waals surface area contributed by atoms with Crippen LogP contribution in [0.5, 0.6) is 5.75 Å². The highest BCUT2D eigenvalue weighted by molar-refractivity contribution is 5.81. The molecule has 3 rings (SSSR count). The summed E-state index contributed by atoms with van der Waals surface area (Å²) < 4.78 is 16.1. The van der Waals surface area contributed by atoms with Gasteiger partial charge in [-0.1, -0.05) is 0 Å².